The number of rotatable bonds is 22. The molecule has 0 aliphatic carbocycles. The van der Waals surface area contributed by atoms with E-state index < -0.39 is 0 Å². The van der Waals surface area contributed by atoms with Gasteiger partial charge in [-0.25, -0.2) is 0 Å². The molecule has 4 aromatic rings. The molecule has 0 radical (unpaired) electrons. The van der Waals surface area contributed by atoms with Crippen LogP contribution in [0.3, 0.4) is 0 Å². The average molecular weight is 655 g/mol. The standard InChI is InChI=1S/C47H62N2/c1-5-8-11-13-15-19-26-40-33-32-39(35-43(40)31-20-16-14-12-9-6-2)34-38(4)48-49-45-36-44(25-10-7-3)47(42-29-23-18-24-30-42)46(37-45)41-27-21-17-22-28-41/h17-18,21-24,27-30,32-37H,5-16,19-20,25-26,31H2,1-4H3. The van der Waals surface area contributed by atoms with E-state index in [2.05, 4.69) is 125 Å². The number of hydrogen-bond donors (Lipinski definition) is 0. The molecule has 4 rings (SSSR count). The molecule has 49 heavy (non-hydrogen) atoms. The van der Waals surface area contributed by atoms with E-state index in [1.807, 2.05) is 0 Å². The largest absolute Gasteiger partial charge is 0.155 e. The maximum Gasteiger partial charge on any atom is 0.0866 e. The number of aryl methyl sites for hydroxylation is 3. The third kappa shape index (κ3) is 12.9. The second kappa shape index (κ2) is 22.0. The molecule has 0 amide bonds. The van der Waals surface area contributed by atoms with Gasteiger partial charge < -0.3 is 0 Å². The Kier molecular flexibility index (Phi) is 17.1. The van der Waals surface area contributed by atoms with Crippen LogP contribution in [0.15, 0.2) is 107 Å². The third-order valence-corrected chi connectivity index (χ3v) is 9.68. The van der Waals surface area contributed by atoms with Crippen molar-refractivity contribution in [3.8, 4) is 22.3 Å². The van der Waals surface area contributed by atoms with Crippen LogP contribution in [0.25, 0.3) is 28.3 Å². The fourth-order valence-electron chi connectivity index (χ4n) is 6.91. The third-order valence-electron chi connectivity index (χ3n) is 9.68. The SMILES string of the molecule is CCCCCCCCc1ccc(C=C(C)N=Nc2cc(CCCC)c(-c3ccccc3)c(-c3ccccc3)c2)cc1CCCCCCCC. The Hall–Kier alpha value is -3.78. The number of nitrogens with zero attached hydrogens (tertiary/aromatic N) is 2. The molecular formula is C47H62N2. The van der Waals surface area contributed by atoms with Crippen molar-refractivity contribution in [2.45, 2.75) is 137 Å². The van der Waals surface area contributed by atoms with Crippen molar-refractivity contribution in [2.75, 3.05) is 0 Å². The van der Waals surface area contributed by atoms with Gasteiger partial charge in [0.2, 0.25) is 0 Å². The summed E-state index contributed by atoms with van der Waals surface area (Å²) < 4.78 is 0. The summed E-state index contributed by atoms with van der Waals surface area (Å²) >= 11 is 0. The van der Waals surface area contributed by atoms with E-state index in [9.17, 15) is 0 Å². The van der Waals surface area contributed by atoms with Crippen molar-refractivity contribution in [1.29, 1.82) is 0 Å². The Bertz CT molecular complexity index is 1560. The summed E-state index contributed by atoms with van der Waals surface area (Å²) in [6.45, 7) is 8.93. The van der Waals surface area contributed by atoms with Crippen LogP contribution in [0.4, 0.5) is 5.69 Å². The van der Waals surface area contributed by atoms with E-state index in [0.29, 0.717) is 0 Å². The topological polar surface area (TPSA) is 24.7 Å². The number of allylic oxidation sites excluding steroid dienone is 1. The zero-order chi connectivity index (χ0) is 34.5. The quantitative estimate of drug-likeness (QED) is 0.0595. The van der Waals surface area contributed by atoms with Crippen LogP contribution in [-0.2, 0) is 19.3 Å². The van der Waals surface area contributed by atoms with Gasteiger partial charge in [-0.2, -0.15) is 10.2 Å². The van der Waals surface area contributed by atoms with E-state index in [0.717, 1.165) is 30.6 Å². The zero-order valence-electron chi connectivity index (χ0n) is 31.2. The van der Waals surface area contributed by atoms with Crippen molar-refractivity contribution in [3.05, 3.63) is 119 Å². The van der Waals surface area contributed by atoms with Gasteiger partial charge in [-0.05, 0) is 108 Å². The molecule has 0 fully saturated rings. The monoisotopic (exact) mass is 654 g/mol. The molecule has 0 bridgehead atoms. The van der Waals surface area contributed by atoms with Gasteiger partial charge in [0.05, 0.1) is 11.4 Å². The van der Waals surface area contributed by atoms with Gasteiger partial charge in [-0.1, -0.05) is 170 Å². The molecule has 260 valence electrons. The zero-order valence-corrected chi connectivity index (χ0v) is 31.2. The van der Waals surface area contributed by atoms with Crippen LogP contribution < -0.4 is 0 Å². The molecule has 0 spiro atoms. The van der Waals surface area contributed by atoms with Crippen molar-refractivity contribution < 1.29 is 0 Å². The lowest BCUT2D eigenvalue weighted by Crippen LogP contribution is -1.97. The van der Waals surface area contributed by atoms with Crippen LogP contribution in [0.5, 0.6) is 0 Å². The van der Waals surface area contributed by atoms with Crippen molar-refractivity contribution in [2.24, 2.45) is 10.2 Å². The first kappa shape index (κ1) is 38.0. The Morgan fingerprint density at radius 3 is 1.69 bits per heavy atom. The number of benzene rings is 4. The highest BCUT2D eigenvalue weighted by molar-refractivity contribution is 5.88. The second-order valence-electron chi connectivity index (χ2n) is 13.9. The van der Waals surface area contributed by atoms with Gasteiger partial charge in [0.25, 0.3) is 0 Å². The lowest BCUT2D eigenvalue weighted by molar-refractivity contribution is 0.599. The first-order valence-electron chi connectivity index (χ1n) is 19.6. The molecule has 0 heterocycles. The second-order valence-corrected chi connectivity index (χ2v) is 13.9. The van der Waals surface area contributed by atoms with Crippen LogP contribution in [0.1, 0.15) is 140 Å². The molecule has 0 aliphatic heterocycles. The van der Waals surface area contributed by atoms with Crippen LogP contribution in [-0.4, -0.2) is 0 Å². The predicted molar refractivity (Wildman–Crippen MR) is 215 cm³/mol. The maximum absolute atomic E-state index is 4.84. The summed E-state index contributed by atoms with van der Waals surface area (Å²) in [5.41, 5.74) is 12.5. The number of unbranched alkanes of at least 4 members (excludes halogenated alkanes) is 11. The van der Waals surface area contributed by atoms with Crippen molar-refractivity contribution >= 4 is 11.8 Å². The van der Waals surface area contributed by atoms with Gasteiger partial charge in [-0.15, -0.1) is 0 Å². The lowest BCUT2D eigenvalue weighted by Gasteiger charge is -2.17. The predicted octanol–water partition coefficient (Wildman–Crippen LogP) is 15.3. The van der Waals surface area contributed by atoms with Gasteiger partial charge in [0.1, 0.15) is 0 Å². The summed E-state index contributed by atoms with van der Waals surface area (Å²) in [5.74, 6) is 0. The van der Waals surface area contributed by atoms with E-state index >= 15 is 0 Å². The average Bonchev–Trinajstić information content (AvgIpc) is 3.13. The molecule has 2 heteroatoms. The highest BCUT2D eigenvalue weighted by atomic mass is 15.1. The fraction of sp³-hybridized carbons (Fsp3) is 0.447. The minimum atomic E-state index is 0.912. The molecule has 0 N–H and O–H groups in total. The smallest absolute Gasteiger partial charge is 0.0866 e. The highest BCUT2D eigenvalue weighted by Crippen LogP contribution is 2.39. The van der Waals surface area contributed by atoms with Crippen LogP contribution in [0.2, 0.25) is 0 Å². The summed E-state index contributed by atoms with van der Waals surface area (Å²) in [7, 11) is 0. The van der Waals surface area contributed by atoms with Gasteiger partial charge in [-0.3, -0.25) is 0 Å². The Labute approximate surface area is 299 Å². The van der Waals surface area contributed by atoms with E-state index in [1.54, 1.807) is 5.56 Å². The van der Waals surface area contributed by atoms with Crippen molar-refractivity contribution in [1.82, 2.24) is 0 Å². The van der Waals surface area contributed by atoms with E-state index in [1.165, 1.54) is 129 Å². The summed E-state index contributed by atoms with van der Waals surface area (Å²) in [5, 5.41) is 9.62. The van der Waals surface area contributed by atoms with E-state index in [-0.39, 0.29) is 0 Å². The van der Waals surface area contributed by atoms with E-state index in [4.69, 9.17) is 10.2 Å². The normalized spacial score (nSPS) is 11.9. The van der Waals surface area contributed by atoms with Gasteiger partial charge >= 0.3 is 0 Å². The fourth-order valence-corrected chi connectivity index (χ4v) is 6.91. The van der Waals surface area contributed by atoms with Crippen LogP contribution in [0, 0.1) is 0 Å². The summed E-state index contributed by atoms with van der Waals surface area (Å²) in [6.07, 6.45) is 24.0. The molecule has 0 saturated carbocycles. The minimum absolute atomic E-state index is 0.912. The first-order valence-corrected chi connectivity index (χ1v) is 19.6. The molecule has 0 saturated heterocycles. The number of azo groups is 1. The Morgan fingerprint density at radius 1 is 0.510 bits per heavy atom. The molecular weight excluding hydrogens is 593 g/mol. The lowest BCUT2D eigenvalue weighted by atomic mass is 9.88. The molecule has 2 nitrogen and oxygen atoms in total. The van der Waals surface area contributed by atoms with Gasteiger partial charge in [0.15, 0.2) is 0 Å². The Balaban J connectivity index is 1.58. The minimum Gasteiger partial charge on any atom is -0.155 e. The number of hydrogen-bond acceptors (Lipinski definition) is 2. The molecule has 4 aromatic carbocycles. The van der Waals surface area contributed by atoms with Crippen LogP contribution >= 0.6 is 0 Å². The first-order chi connectivity index (χ1) is 24.1. The van der Waals surface area contributed by atoms with Crippen molar-refractivity contribution in [3.63, 3.8) is 0 Å². The Morgan fingerprint density at radius 2 is 1.06 bits per heavy atom. The molecule has 0 atom stereocenters. The molecule has 0 aliphatic rings. The van der Waals surface area contributed by atoms with Gasteiger partial charge in [0, 0.05) is 0 Å². The summed E-state index contributed by atoms with van der Waals surface area (Å²) in [4.78, 5) is 0. The summed E-state index contributed by atoms with van der Waals surface area (Å²) in [6, 6.07) is 33.2. The molecule has 0 unspecified atom stereocenters. The molecule has 0 aromatic heterocycles. The maximum atomic E-state index is 4.84. The highest BCUT2D eigenvalue weighted by Gasteiger charge is 2.15.